The summed E-state index contributed by atoms with van der Waals surface area (Å²) in [4.78, 5) is 0. The molecule has 0 fully saturated rings. The van der Waals surface area contributed by atoms with Crippen LogP contribution in [0.4, 0.5) is 0 Å². The predicted molar refractivity (Wildman–Crippen MR) is 79.8 cm³/mol. The van der Waals surface area contributed by atoms with Gasteiger partial charge in [-0.05, 0) is 12.0 Å². The number of benzene rings is 1. The van der Waals surface area contributed by atoms with Crippen molar-refractivity contribution in [1.82, 2.24) is 0 Å². The first-order valence-electron chi connectivity index (χ1n) is 7.05. The minimum atomic E-state index is 0. The maximum Gasteiger partial charge on any atom is 2.00 e. The summed E-state index contributed by atoms with van der Waals surface area (Å²) in [6.45, 7) is 3.93. The van der Waals surface area contributed by atoms with E-state index in [0.717, 1.165) is 13.2 Å². The number of halogens is 2. The largest absolute Gasteiger partial charge is 2.00 e. The third-order valence-corrected chi connectivity index (χ3v) is 3.00. The van der Waals surface area contributed by atoms with Gasteiger partial charge in [0.05, 0.1) is 6.61 Å². The van der Waals surface area contributed by atoms with Crippen LogP contribution >= 0.6 is 0 Å². The Morgan fingerprint density at radius 2 is 1.35 bits per heavy atom. The molecule has 112 valence electrons. The van der Waals surface area contributed by atoms with E-state index in [2.05, 4.69) is 31.2 Å². The minimum Gasteiger partial charge on any atom is -1.00 e. The monoisotopic (exact) mass is 416 g/mol. The Labute approximate surface area is 161 Å². The maximum absolute atomic E-state index is 5.65. The maximum atomic E-state index is 5.65. The number of hydrogen-bond acceptors (Lipinski definition) is 1. The first-order chi connectivity index (χ1) is 8.43. The molecule has 0 spiro atoms. The Hall–Kier alpha value is 0.906. The van der Waals surface area contributed by atoms with Crippen molar-refractivity contribution in [1.29, 1.82) is 0 Å². The van der Waals surface area contributed by atoms with Crippen LogP contribution in [0.25, 0.3) is 0 Å². The van der Waals surface area contributed by atoms with Gasteiger partial charge in [0.25, 0.3) is 0 Å². The fraction of sp³-hybridized carbons (Fsp3) is 0.625. The first kappa shape index (κ1) is 25.8. The van der Waals surface area contributed by atoms with Crippen molar-refractivity contribution in [3.05, 3.63) is 35.9 Å². The van der Waals surface area contributed by atoms with Gasteiger partial charge in [0.1, 0.15) is 0 Å². The van der Waals surface area contributed by atoms with Gasteiger partial charge in [0.15, 0.2) is 0 Å². The molecule has 1 nitrogen and oxygen atoms in total. The predicted octanol–water partition coefficient (Wildman–Crippen LogP) is -1.42. The van der Waals surface area contributed by atoms with E-state index in [4.69, 9.17) is 4.74 Å². The minimum absolute atomic E-state index is 0. The fourth-order valence-corrected chi connectivity index (χ4v) is 1.93. The second-order valence-corrected chi connectivity index (χ2v) is 4.66. The molecule has 0 aromatic heterocycles. The summed E-state index contributed by atoms with van der Waals surface area (Å²) in [5.74, 6) is 0. The first-order valence-corrected chi connectivity index (χ1v) is 7.05. The Morgan fingerprint density at radius 3 is 1.95 bits per heavy atom. The van der Waals surface area contributed by atoms with Crippen LogP contribution in [-0.4, -0.2) is 29.7 Å². The summed E-state index contributed by atoms with van der Waals surface area (Å²) in [6.07, 6.45) is 9.42. The van der Waals surface area contributed by atoms with Gasteiger partial charge in [-0.15, -0.1) is 0 Å². The van der Waals surface area contributed by atoms with Crippen molar-refractivity contribution in [3.63, 3.8) is 0 Å². The zero-order chi connectivity index (χ0) is 12.2. The molecule has 1 rings (SSSR count). The van der Waals surface area contributed by atoms with Gasteiger partial charge in [0, 0.05) is 6.61 Å². The van der Waals surface area contributed by atoms with Gasteiger partial charge in [-0.1, -0.05) is 75.8 Å². The van der Waals surface area contributed by atoms with E-state index in [1.807, 2.05) is 6.07 Å². The van der Waals surface area contributed by atoms with E-state index in [-0.39, 0.29) is 57.0 Å². The third kappa shape index (κ3) is 15.3. The molecule has 0 unspecified atom stereocenters. The number of unbranched alkanes of at least 4 members (excludes halogenated alkanes) is 6. The van der Waals surface area contributed by atoms with Gasteiger partial charge in [-0.2, -0.15) is 0 Å². The molecule has 4 heteroatoms. The van der Waals surface area contributed by atoms with Crippen LogP contribution in [0.1, 0.15) is 57.4 Å². The van der Waals surface area contributed by atoms with Crippen molar-refractivity contribution in [2.75, 3.05) is 6.61 Å². The summed E-state index contributed by atoms with van der Waals surface area (Å²) < 4.78 is 5.65. The molecular formula is C16H26Br2MgO. The quantitative estimate of drug-likeness (QED) is 0.335. The van der Waals surface area contributed by atoms with Crippen LogP contribution in [0.15, 0.2) is 30.3 Å². The van der Waals surface area contributed by atoms with Gasteiger partial charge < -0.3 is 38.7 Å². The van der Waals surface area contributed by atoms with E-state index in [0.29, 0.717) is 0 Å². The zero-order valence-corrected chi connectivity index (χ0v) is 17.2. The molecule has 0 saturated carbocycles. The van der Waals surface area contributed by atoms with E-state index in [1.54, 1.807) is 0 Å². The smallest absolute Gasteiger partial charge is 1.00 e. The summed E-state index contributed by atoms with van der Waals surface area (Å²) >= 11 is 0. The molecule has 0 radical (unpaired) electrons. The summed E-state index contributed by atoms with van der Waals surface area (Å²) in [5.41, 5.74) is 1.27. The van der Waals surface area contributed by atoms with Gasteiger partial charge in [-0.25, -0.2) is 0 Å². The van der Waals surface area contributed by atoms with E-state index < -0.39 is 0 Å². The number of ether oxygens (including phenoxy) is 1. The van der Waals surface area contributed by atoms with Crippen molar-refractivity contribution in [3.8, 4) is 0 Å². The molecule has 0 amide bonds. The van der Waals surface area contributed by atoms with Crippen LogP contribution in [0.3, 0.4) is 0 Å². The van der Waals surface area contributed by atoms with E-state index in [1.165, 1.54) is 50.5 Å². The number of rotatable bonds is 10. The molecule has 0 heterocycles. The molecule has 20 heavy (non-hydrogen) atoms. The molecule has 0 N–H and O–H groups in total. The van der Waals surface area contributed by atoms with Crippen molar-refractivity contribution in [2.24, 2.45) is 0 Å². The summed E-state index contributed by atoms with van der Waals surface area (Å²) in [7, 11) is 0. The molecule has 0 aliphatic rings. The second kappa shape index (κ2) is 19.9. The van der Waals surface area contributed by atoms with Crippen molar-refractivity contribution in [2.45, 2.75) is 58.5 Å². The fourth-order valence-electron chi connectivity index (χ4n) is 1.93. The van der Waals surface area contributed by atoms with Gasteiger partial charge in [-0.3, -0.25) is 0 Å². The topological polar surface area (TPSA) is 9.23 Å². The summed E-state index contributed by atoms with van der Waals surface area (Å²) in [6, 6.07) is 10.4. The standard InChI is InChI=1S/C16H26O.2BrH.Mg/c1-2-3-4-5-6-7-11-14-17-15-16-12-9-8-10-13-16;;;/h8-10,12-13H,2-7,11,14-15H2,1H3;2*1H;/q;;;+2/p-2. The van der Waals surface area contributed by atoms with Crippen LogP contribution < -0.4 is 34.0 Å². The normalized spacial score (nSPS) is 9.05. The average molecular weight is 418 g/mol. The van der Waals surface area contributed by atoms with Crippen LogP contribution in [-0.2, 0) is 11.3 Å². The Kier molecular flexibility index (Phi) is 25.7. The van der Waals surface area contributed by atoms with Gasteiger partial charge >= 0.3 is 23.1 Å². The molecule has 0 atom stereocenters. The molecule has 0 aliphatic heterocycles. The Morgan fingerprint density at radius 1 is 0.800 bits per heavy atom. The Balaban J connectivity index is -0.000000963. The van der Waals surface area contributed by atoms with Crippen molar-refractivity contribution < 1.29 is 38.7 Å². The van der Waals surface area contributed by atoms with E-state index in [9.17, 15) is 0 Å². The zero-order valence-electron chi connectivity index (χ0n) is 12.6. The number of hydrogen-bond donors (Lipinski definition) is 0. The van der Waals surface area contributed by atoms with Crippen LogP contribution in [0, 0.1) is 0 Å². The van der Waals surface area contributed by atoms with Crippen LogP contribution in [0.5, 0.6) is 0 Å². The molecule has 0 saturated heterocycles. The molecule has 0 aliphatic carbocycles. The SMILES string of the molecule is CCCCCCCCCOCc1ccccc1.[Br-].[Br-].[Mg+2]. The molecule has 0 bridgehead atoms. The Bertz CT molecular complexity index is 270. The third-order valence-electron chi connectivity index (χ3n) is 3.00. The van der Waals surface area contributed by atoms with Crippen LogP contribution in [0.2, 0.25) is 0 Å². The van der Waals surface area contributed by atoms with E-state index >= 15 is 0 Å². The molecular weight excluding hydrogens is 392 g/mol. The molecule has 1 aromatic carbocycles. The van der Waals surface area contributed by atoms with Gasteiger partial charge in [0.2, 0.25) is 0 Å². The average Bonchev–Trinajstić information content (AvgIpc) is 2.38. The second-order valence-electron chi connectivity index (χ2n) is 4.66. The summed E-state index contributed by atoms with van der Waals surface area (Å²) in [5, 5.41) is 0. The molecule has 1 aromatic rings. The van der Waals surface area contributed by atoms with Crippen molar-refractivity contribution >= 4 is 23.1 Å².